The molecule has 0 aliphatic rings. The van der Waals surface area contributed by atoms with E-state index in [0.29, 0.717) is 25.9 Å². The molecule has 0 radical (unpaired) electrons. The largest absolute Gasteiger partial charge is 0.355 e. The standard InChI is InChI=1S/C15H22N2O2/c1-3-16-14(18)12-17(4-2)15(19)11-10-13-8-6-5-7-9-13/h5-9H,3-4,10-12H2,1-2H3,(H,16,18). The predicted octanol–water partition coefficient (Wildman–Crippen LogP) is 1.60. The normalized spacial score (nSPS) is 10.0. The number of hydrogen-bond acceptors (Lipinski definition) is 2. The molecule has 0 atom stereocenters. The summed E-state index contributed by atoms with van der Waals surface area (Å²) >= 11 is 0. The summed E-state index contributed by atoms with van der Waals surface area (Å²) in [6, 6.07) is 9.90. The van der Waals surface area contributed by atoms with Crippen molar-refractivity contribution in [3.8, 4) is 0 Å². The maximum absolute atomic E-state index is 12.0. The van der Waals surface area contributed by atoms with Gasteiger partial charge >= 0.3 is 0 Å². The van der Waals surface area contributed by atoms with E-state index in [1.165, 1.54) is 0 Å². The second kappa shape index (κ2) is 8.29. The Hall–Kier alpha value is -1.84. The van der Waals surface area contributed by atoms with E-state index in [-0.39, 0.29) is 18.4 Å². The van der Waals surface area contributed by atoms with Crippen molar-refractivity contribution in [2.75, 3.05) is 19.6 Å². The molecule has 4 nitrogen and oxygen atoms in total. The number of rotatable bonds is 7. The molecule has 19 heavy (non-hydrogen) atoms. The van der Waals surface area contributed by atoms with Crippen LogP contribution in [0.25, 0.3) is 0 Å². The molecule has 0 saturated carbocycles. The van der Waals surface area contributed by atoms with Crippen LogP contribution < -0.4 is 5.32 Å². The molecule has 1 aromatic rings. The van der Waals surface area contributed by atoms with Crippen LogP contribution in [0.2, 0.25) is 0 Å². The summed E-state index contributed by atoms with van der Waals surface area (Å²) in [5.74, 6) is -0.0741. The lowest BCUT2D eigenvalue weighted by Gasteiger charge is -2.20. The van der Waals surface area contributed by atoms with Crippen molar-refractivity contribution < 1.29 is 9.59 Å². The topological polar surface area (TPSA) is 49.4 Å². The van der Waals surface area contributed by atoms with Crippen LogP contribution in [0.4, 0.5) is 0 Å². The van der Waals surface area contributed by atoms with Crippen molar-refractivity contribution in [3.63, 3.8) is 0 Å². The molecule has 0 saturated heterocycles. The van der Waals surface area contributed by atoms with Gasteiger partial charge in [-0.1, -0.05) is 30.3 Å². The molecule has 2 amide bonds. The van der Waals surface area contributed by atoms with Gasteiger partial charge in [-0.25, -0.2) is 0 Å². The van der Waals surface area contributed by atoms with Gasteiger partial charge in [0.2, 0.25) is 11.8 Å². The van der Waals surface area contributed by atoms with Gasteiger partial charge in [-0.3, -0.25) is 9.59 Å². The highest BCUT2D eigenvalue weighted by Crippen LogP contribution is 2.04. The predicted molar refractivity (Wildman–Crippen MR) is 75.7 cm³/mol. The van der Waals surface area contributed by atoms with E-state index in [9.17, 15) is 9.59 Å². The molecule has 4 heteroatoms. The molecule has 0 heterocycles. The van der Waals surface area contributed by atoms with Gasteiger partial charge in [-0.2, -0.15) is 0 Å². The Morgan fingerprint density at radius 3 is 2.42 bits per heavy atom. The number of hydrogen-bond donors (Lipinski definition) is 1. The molecule has 0 aliphatic heterocycles. The summed E-state index contributed by atoms with van der Waals surface area (Å²) in [5.41, 5.74) is 1.14. The molecular weight excluding hydrogens is 240 g/mol. The Kier molecular flexibility index (Phi) is 6.64. The van der Waals surface area contributed by atoms with E-state index in [2.05, 4.69) is 5.32 Å². The molecule has 0 aromatic heterocycles. The van der Waals surface area contributed by atoms with Crippen LogP contribution in [0.3, 0.4) is 0 Å². The van der Waals surface area contributed by atoms with E-state index in [0.717, 1.165) is 5.56 Å². The first kappa shape index (κ1) is 15.2. The maximum Gasteiger partial charge on any atom is 0.239 e. The van der Waals surface area contributed by atoms with E-state index >= 15 is 0 Å². The SMILES string of the molecule is CCNC(=O)CN(CC)C(=O)CCc1ccccc1. The summed E-state index contributed by atoms with van der Waals surface area (Å²) in [5, 5.41) is 2.71. The van der Waals surface area contributed by atoms with E-state index in [1.54, 1.807) is 4.90 Å². The van der Waals surface area contributed by atoms with Crippen LogP contribution in [-0.4, -0.2) is 36.3 Å². The molecule has 1 N–H and O–H groups in total. The minimum Gasteiger partial charge on any atom is -0.355 e. The van der Waals surface area contributed by atoms with Crippen LogP contribution in [0.5, 0.6) is 0 Å². The first-order chi connectivity index (χ1) is 9.17. The molecule has 0 spiro atoms. The van der Waals surface area contributed by atoms with Crippen molar-refractivity contribution in [2.45, 2.75) is 26.7 Å². The highest BCUT2D eigenvalue weighted by Gasteiger charge is 2.14. The van der Waals surface area contributed by atoms with Gasteiger partial charge in [0, 0.05) is 19.5 Å². The first-order valence-electron chi connectivity index (χ1n) is 6.75. The third-order valence-electron chi connectivity index (χ3n) is 2.91. The Bertz CT molecular complexity index is 404. The number of amides is 2. The number of likely N-dealkylation sites (N-methyl/N-ethyl adjacent to an activating group) is 2. The Labute approximate surface area is 114 Å². The van der Waals surface area contributed by atoms with Gasteiger partial charge in [0.05, 0.1) is 6.54 Å². The molecule has 0 bridgehead atoms. The summed E-state index contributed by atoms with van der Waals surface area (Å²) in [7, 11) is 0. The van der Waals surface area contributed by atoms with Crippen LogP contribution in [-0.2, 0) is 16.0 Å². The third kappa shape index (κ3) is 5.55. The zero-order valence-electron chi connectivity index (χ0n) is 11.7. The van der Waals surface area contributed by atoms with Crippen molar-refractivity contribution >= 4 is 11.8 Å². The zero-order chi connectivity index (χ0) is 14.1. The minimum atomic E-state index is -0.0996. The highest BCUT2D eigenvalue weighted by molar-refractivity contribution is 5.84. The van der Waals surface area contributed by atoms with Gasteiger partial charge < -0.3 is 10.2 Å². The van der Waals surface area contributed by atoms with E-state index in [4.69, 9.17) is 0 Å². The van der Waals surface area contributed by atoms with Gasteiger partial charge in [-0.15, -0.1) is 0 Å². The van der Waals surface area contributed by atoms with E-state index in [1.807, 2.05) is 44.2 Å². The lowest BCUT2D eigenvalue weighted by Crippen LogP contribution is -2.40. The number of carbonyl (C=O) groups is 2. The summed E-state index contributed by atoms with van der Waals surface area (Å²) in [6.07, 6.45) is 1.16. The zero-order valence-corrected chi connectivity index (χ0v) is 11.7. The molecule has 1 rings (SSSR count). The smallest absolute Gasteiger partial charge is 0.239 e. The Morgan fingerprint density at radius 2 is 1.84 bits per heavy atom. The second-order valence-electron chi connectivity index (χ2n) is 4.35. The van der Waals surface area contributed by atoms with Crippen LogP contribution in [0, 0.1) is 0 Å². The monoisotopic (exact) mass is 262 g/mol. The minimum absolute atomic E-state index is 0.0256. The summed E-state index contributed by atoms with van der Waals surface area (Å²) in [4.78, 5) is 25.1. The van der Waals surface area contributed by atoms with Gasteiger partial charge in [0.1, 0.15) is 0 Å². The van der Waals surface area contributed by atoms with E-state index < -0.39 is 0 Å². The molecule has 0 unspecified atom stereocenters. The average molecular weight is 262 g/mol. The number of nitrogens with zero attached hydrogens (tertiary/aromatic N) is 1. The van der Waals surface area contributed by atoms with Gasteiger partial charge in [-0.05, 0) is 25.8 Å². The average Bonchev–Trinajstić information content (AvgIpc) is 2.43. The quantitative estimate of drug-likeness (QED) is 0.811. The molecule has 0 aliphatic carbocycles. The lowest BCUT2D eigenvalue weighted by atomic mass is 10.1. The van der Waals surface area contributed by atoms with Gasteiger partial charge in [0.25, 0.3) is 0 Å². The lowest BCUT2D eigenvalue weighted by molar-refractivity contribution is -0.135. The van der Waals surface area contributed by atoms with Crippen molar-refractivity contribution in [2.24, 2.45) is 0 Å². The third-order valence-corrected chi connectivity index (χ3v) is 2.91. The summed E-state index contributed by atoms with van der Waals surface area (Å²) < 4.78 is 0. The first-order valence-corrected chi connectivity index (χ1v) is 6.75. The van der Waals surface area contributed by atoms with Crippen molar-refractivity contribution in [1.82, 2.24) is 10.2 Å². The highest BCUT2D eigenvalue weighted by atomic mass is 16.2. The number of aryl methyl sites for hydroxylation is 1. The second-order valence-corrected chi connectivity index (χ2v) is 4.35. The van der Waals surface area contributed by atoms with Crippen LogP contribution in [0.1, 0.15) is 25.8 Å². The molecule has 1 aromatic carbocycles. The van der Waals surface area contributed by atoms with Crippen molar-refractivity contribution in [3.05, 3.63) is 35.9 Å². The Morgan fingerprint density at radius 1 is 1.16 bits per heavy atom. The fourth-order valence-corrected chi connectivity index (χ4v) is 1.86. The fraction of sp³-hybridized carbons (Fsp3) is 0.467. The maximum atomic E-state index is 12.0. The number of carbonyl (C=O) groups excluding carboxylic acids is 2. The Balaban J connectivity index is 2.43. The fourth-order valence-electron chi connectivity index (χ4n) is 1.86. The number of nitrogens with one attached hydrogen (secondary N) is 1. The van der Waals surface area contributed by atoms with Crippen LogP contribution in [0.15, 0.2) is 30.3 Å². The number of benzene rings is 1. The van der Waals surface area contributed by atoms with Crippen molar-refractivity contribution in [1.29, 1.82) is 0 Å². The molecule has 104 valence electrons. The molecule has 0 fully saturated rings. The van der Waals surface area contributed by atoms with Crippen LogP contribution >= 0.6 is 0 Å². The molecular formula is C15H22N2O2. The summed E-state index contributed by atoms with van der Waals surface area (Å²) in [6.45, 7) is 5.06. The van der Waals surface area contributed by atoms with Gasteiger partial charge in [0.15, 0.2) is 0 Å².